The minimum absolute atomic E-state index is 0.0000463. The van der Waals surface area contributed by atoms with Gasteiger partial charge < -0.3 is 4.74 Å². The predicted molar refractivity (Wildman–Crippen MR) is 56.0 cm³/mol. The number of nitrogens with zero attached hydrogens (tertiary/aromatic N) is 1. The topological polar surface area (TPSA) is 29.5 Å². The van der Waals surface area contributed by atoms with Gasteiger partial charge in [-0.3, -0.25) is 9.69 Å². The zero-order valence-corrected chi connectivity index (χ0v) is 9.62. The van der Waals surface area contributed by atoms with E-state index in [9.17, 15) is 4.79 Å². The number of esters is 1. The molecule has 1 aliphatic heterocycles. The Morgan fingerprint density at radius 1 is 1.36 bits per heavy atom. The second-order valence-electron chi connectivity index (χ2n) is 4.69. The number of ether oxygens (including phenoxy) is 1. The fourth-order valence-electron chi connectivity index (χ4n) is 1.86. The Bertz CT molecular complexity index is 193. The number of hydrogen-bond donors (Lipinski definition) is 0. The van der Waals surface area contributed by atoms with Crippen molar-refractivity contribution in [3.63, 3.8) is 0 Å². The first kappa shape index (κ1) is 11.5. The van der Waals surface area contributed by atoms with Gasteiger partial charge in [0.2, 0.25) is 0 Å². The Balaban J connectivity index is 2.28. The molecule has 3 heteroatoms. The van der Waals surface area contributed by atoms with E-state index in [2.05, 4.69) is 18.7 Å². The third-order valence-corrected chi connectivity index (χ3v) is 2.78. The van der Waals surface area contributed by atoms with Gasteiger partial charge in [0.25, 0.3) is 0 Å². The molecule has 1 saturated heterocycles. The van der Waals surface area contributed by atoms with E-state index < -0.39 is 0 Å². The second-order valence-corrected chi connectivity index (χ2v) is 4.69. The summed E-state index contributed by atoms with van der Waals surface area (Å²) in [5.41, 5.74) is 0. The van der Waals surface area contributed by atoms with Gasteiger partial charge in [-0.1, -0.05) is 13.8 Å². The molecule has 14 heavy (non-hydrogen) atoms. The summed E-state index contributed by atoms with van der Waals surface area (Å²) in [4.78, 5) is 13.5. The number of carbonyl (C=O) groups is 1. The predicted octanol–water partition coefficient (Wildman–Crippen LogP) is 1.53. The first-order valence-corrected chi connectivity index (χ1v) is 5.41. The van der Waals surface area contributed by atoms with Crippen LogP contribution in [0.25, 0.3) is 0 Å². The summed E-state index contributed by atoms with van der Waals surface area (Å²) in [5, 5.41) is 0. The van der Waals surface area contributed by atoms with Crippen LogP contribution in [0.4, 0.5) is 0 Å². The van der Waals surface area contributed by atoms with Crippen molar-refractivity contribution in [3.8, 4) is 0 Å². The van der Waals surface area contributed by atoms with Gasteiger partial charge in [-0.05, 0) is 25.7 Å². The van der Waals surface area contributed by atoms with E-state index in [-0.39, 0.29) is 12.1 Å². The molecule has 1 aliphatic rings. The molecule has 0 aromatic rings. The normalized spacial score (nSPS) is 28.4. The highest BCUT2D eigenvalue weighted by molar-refractivity contribution is 5.71. The third-order valence-electron chi connectivity index (χ3n) is 2.78. The molecule has 0 N–H and O–H groups in total. The maximum atomic E-state index is 11.4. The van der Waals surface area contributed by atoms with Gasteiger partial charge in [0, 0.05) is 13.1 Å². The average molecular weight is 199 g/mol. The van der Waals surface area contributed by atoms with E-state index in [0.29, 0.717) is 18.4 Å². The van der Waals surface area contributed by atoms with Crippen molar-refractivity contribution >= 4 is 5.97 Å². The Labute approximate surface area is 86.4 Å². The minimum atomic E-state index is -0.0960. The van der Waals surface area contributed by atoms with Crippen molar-refractivity contribution in [1.82, 2.24) is 4.90 Å². The zero-order chi connectivity index (χ0) is 10.7. The molecule has 0 aliphatic carbocycles. The second kappa shape index (κ2) is 4.78. The van der Waals surface area contributed by atoms with Crippen LogP contribution in [-0.2, 0) is 9.53 Å². The Hall–Kier alpha value is -0.570. The van der Waals surface area contributed by atoms with Crippen LogP contribution >= 0.6 is 0 Å². The lowest BCUT2D eigenvalue weighted by Crippen LogP contribution is -2.30. The smallest absolute Gasteiger partial charge is 0.320 e. The molecule has 0 aromatic heterocycles. The summed E-state index contributed by atoms with van der Waals surface area (Å²) >= 11 is 0. The summed E-state index contributed by atoms with van der Waals surface area (Å²) in [6, 6.07) is 0. The first-order chi connectivity index (χ1) is 6.49. The third kappa shape index (κ3) is 3.29. The first-order valence-electron chi connectivity index (χ1n) is 5.41. The minimum Gasteiger partial charge on any atom is -0.462 e. The lowest BCUT2D eigenvalue weighted by atomic mass is 10.0. The highest BCUT2D eigenvalue weighted by Crippen LogP contribution is 2.21. The van der Waals surface area contributed by atoms with Crippen molar-refractivity contribution in [2.24, 2.45) is 11.8 Å². The van der Waals surface area contributed by atoms with Gasteiger partial charge >= 0.3 is 5.97 Å². The quantitative estimate of drug-likeness (QED) is 0.645. The van der Waals surface area contributed by atoms with Crippen molar-refractivity contribution in [2.45, 2.75) is 33.8 Å². The van der Waals surface area contributed by atoms with Crippen molar-refractivity contribution in [2.75, 3.05) is 19.6 Å². The molecule has 0 aromatic carbocycles. The molecule has 2 atom stereocenters. The van der Waals surface area contributed by atoms with E-state index in [4.69, 9.17) is 4.74 Å². The maximum Gasteiger partial charge on any atom is 0.320 e. The molecule has 1 rings (SSSR count). The van der Waals surface area contributed by atoms with Gasteiger partial charge in [-0.2, -0.15) is 0 Å². The number of hydrogen-bond acceptors (Lipinski definition) is 3. The number of likely N-dealkylation sites (tertiary alicyclic amines) is 1. The zero-order valence-electron chi connectivity index (χ0n) is 9.62. The highest BCUT2D eigenvalue weighted by Gasteiger charge is 2.27. The van der Waals surface area contributed by atoms with E-state index >= 15 is 0 Å². The average Bonchev–Trinajstić information content (AvgIpc) is 2.28. The largest absolute Gasteiger partial charge is 0.462 e. The van der Waals surface area contributed by atoms with Gasteiger partial charge in [0.1, 0.15) is 0 Å². The molecule has 0 bridgehead atoms. The molecule has 2 unspecified atom stereocenters. The summed E-state index contributed by atoms with van der Waals surface area (Å²) in [5.74, 6) is 1.30. The molecule has 3 nitrogen and oxygen atoms in total. The van der Waals surface area contributed by atoms with Crippen LogP contribution in [0.3, 0.4) is 0 Å². The van der Waals surface area contributed by atoms with Gasteiger partial charge in [-0.25, -0.2) is 0 Å². The number of carbonyl (C=O) groups excluding carboxylic acids is 1. The molecule has 1 heterocycles. The summed E-state index contributed by atoms with van der Waals surface area (Å²) in [6.07, 6.45) is -0.0000463. The molecular formula is C11H21NO2. The molecule has 1 fully saturated rings. The Morgan fingerprint density at radius 3 is 2.29 bits per heavy atom. The van der Waals surface area contributed by atoms with Crippen molar-refractivity contribution < 1.29 is 9.53 Å². The van der Waals surface area contributed by atoms with Crippen LogP contribution in [0.15, 0.2) is 0 Å². The maximum absolute atomic E-state index is 11.4. The molecule has 0 saturated carbocycles. The van der Waals surface area contributed by atoms with Crippen LogP contribution in [-0.4, -0.2) is 36.6 Å². The molecule has 0 amide bonds. The standard InChI is InChI=1S/C11H21NO2/c1-8(2)14-11(13)7-12-5-9(3)10(4)6-12/h8-10H,5-7H2,1-4H3. The Morgan fingerprint density at radius 2 is 1.86 bits per heavy atom. The lowest BCUT2D eigenvalue weighted by molar-refractivity contribution is -0.148. The monoisotopic (exact) mass is 199 g/mol. The summed E-state index contributed by atoms with van der Waals surface area (Å²) in [7, 11) is 0. The number of rotatable bonds is 3. The summed E-state index contributed by atoms with van der Waals surface area (Å²) in [6.45, 7) is 10.7. The van der Waals surface area contributed by atoms with E-state index in [0.717, 1.165) is 13.1 Å². The Kier molecular flexibility index (Phi) is 3.93. The van der Waals surface area contributed by atoms with E-state index in [1.807, 2.05) is 13.8 Å². The molecular weight excluding hydrogens is 178 g/mol. The molecule has 82 valence electrons. The molecule has 0 spiro atoms. The fourth-order valence-corrected chi connectivity index (χ4v) is 1.86. The van der Waals surface area contributed by atoms with Crippen LogP contribution in [0, 0.1) is 11.8 Å². The lowest BCUT2D eigenvalue weighted by Gasteiger charge is -2.15. The van der Waals surface area contributed by atoms with Gasteiger partial charge in [-0.15, -0.1) is 0 Å². The SMILES string of the molecule is CC(C)OC(=O)CN1CC(C)C(C)C1. The van der Waals surface area contributed by atoms with Crippen LogP contribution < -0.4 is 0 Å². The highest BCUT2D eigenvalue weighted by atomic mass is 16.5. The molecule has 0 radical (unpaired) electrons. The van der Waals surface area contributed by atoms with Crippen LogP contribution in [0.1, 0.15) is 27.7 Å². The van der Waals surface area contributed by atoms with E-state index in [1.165, 1.54) is 0 Å². The van der Waals surface area contributed by atoms with Crippen molar-refractivity contribution in [3.05, 3.63) is 0 Å². The fraction of sp³-hybridized carbons (Fsp3) is 0.909. The summed E-state index contributed by atoms with van der Waals surface area (Å²) < 4.78 is 5.10. The van der Waals surface area contributed by atoms with Gasteiger partial charge in [0.05, 0.1) is 12.6 Å². The van der Waals surface area contributed by atoms with Crippen LogP contribution in [0.5, 0.6) is 0 Å². The van der Waals surface area contributed by atoms with Crippen molar-refractivity contribution in [1.29, 1.82) is 0 Å². The van der Waals surface area contributed by atoms with Gasteiger partial charge in [0.15, 0.2) is 0 Å². The van der Waals surface area contributed by atoms with E-state index in [1.54, 1.807) is 0 Å². The van der Waals surface area contributed by atoms with Crippen LogP contribution in [0.2, 0.25) is 0 Å².